The van der Waals surface area contributed by atoms with Crippen molar-refractivity contribution in [2.75, 3.05) is 0 Å². The van der Waals surface area contributed by atoms with Crippen LogP contribution in [0.25, 0.3) is 5.57 Å². The van der Waals surface area contributed by atoms with E-state index in [2.05, 4.69) is 0 Å². The molecule has 0 spiro atoms. The van der Waals surface area contributed by atoms with Crippen LogP contribution in [0.15, 0.2) is 35.9 Å². The first-order chi connectivity index (χ1) is 7.24. The fourth-order valence-electron chi connectivity index (χ4n) is 1.62. The van der Waals surface area contributed by atoms with Crippen LogP contribution in [-0.2, 0) is 9.53 Å². The lowest BCUT2D eigenvalue weighted by atomic mass is 10.0. The van der Waals surface area contributed by atoms with E-state index in [1.54, 1.807) is 6.92 Å². The lowest BCUT2D eigenvalue weighted by molar-refractivity contribution is -0.136. The van der Waals surface area contributed by atoms with Crippen molar-refractivity contribution < 1.29 is 9.53 Å². The molecule has 1 aliphatic rings. The summed E-state index contributed by atoms with van der Waals surface area (Å²) in [7, 11) is 0. The SMILES string of the molecule is CC1=C(c2ccccc2)C(=O)OC1C#N. The van der Waals surface area contributed by atoms with Crippen molar-refractivity contribution >= 4 is 11.5 Å². The van der Waals surface area contributed by atoms with Crippen LogP contribution < -0.4 is 0 Å². The van der Waals surface area contributed by atoms with E-state index in [0.29, 0.717) is 11.1 Å². The molecule has 1 aromatic carbocycles. The third-order valence-corrected chi connectivity index (χ3v) is 2.40. The number of cyclic esters (lactones) is 1. The number of rotatable bonds is 1. The zero-order valence-electron chi connectivity index (χ0n) is 8.23. The summed E-state index contributed by atoms with van der Waals surface area (Å²) >= 11 is 0. The molecule has 0 fully saturated rings. The quantitative estimate of drug-likeness (QED) is 0.649. The van der Waals surface area contributed by atoms with E-state index >= 15 is 0 Å². The zero-order chi connectivity index (χ0) is 10.8. The topological polar surface area (TPSA) is 50.1 Å². The molecule has 0 radical (unpaired) electrons. The summed E-state index contributed by atoms with van der Waals surface area (Å²) in [6, 6.07) is 11.2. The first-order valence-corrected chi connectivity index (χ1v) is 4.61. The van der Waals surface area contributed by atoms with Crippen LogP contribution in [0.3, 0.4) is 0 Å². The van der Waals surface area contributed by atoms with Gasteiger partial charge in [0.15, 0.2) is 0 Å². The number of carbonyl (C=O) groups is 1. The van der Waals surface area contributed by atoms with Crippen molar-refractivity contribution in [3.63, 3.8) is 0 Å². The molecule has 3 heteroatoms. The zero-order valence-corrected chi connectivity index (χ0v) is 8.23. The minimum absolute atomic E-state index is 0.412. The van der Waals surface area contributed by atoms with E-state index in [-0.39, 0.29) is 0 Å². The number of nitriles is 1. The van der Waals surface area contributed by atoms with Crippen molar-refractivity contribution in [2.45, 2.75) is 13.0 Å². The van der Waals surface area contributed by atoms with Gasteiger partial charge in [0.1, 0.15) is 6.07 Å². The summed E-state index contributed by atoms with van der Waals surface area (Å²) < 4.78 is 4.92. The molecule has 1 atom stereocenters. The van der Waals surface area contributed by atoms with Gasteiger partial charge in [0.05, 0.1) is 5.57 Å². The molecule has 3 nitrogen and oxygen atoms in total. The lowest BCUT2D eigenvalue weighted by Gasteiger charge is -1.98. The number of esters is 1. The third kappa shape index (κ3) is 1.50. The fraction of sp³-hybridized carbons (Fsp3) is 0.167. The van der Waals surface area contributed by atoms with Crippen LogP contribution >= 0.6 is 0 Å². The number of benzene rings is 1. The molecule has 0 saturated carbocycles. The van der Waals surface area contributed by atoms with Gasteiger partial charge >= 0.3 is 5.97 Å². The smallest absolute Gasteiger partial charge is 0.340 e. The predicted octanol–water partition coefficient (Wildman–Crippen LogP) is 1.91. The molecule has 2 rings (SSSR count). The molecule has 1 aromatic rings. The monoisotopic (exact) mass is 199 g/mol. The Bertz CT molecular complexity index is 468. The number of hydrogen-bond donors (Lipinski definition) is 0. The Morgan fingerprint density at radius 1 is 1.33 bits per heavy atom. The normalized spacial score (nSPS) is 20.0. The van der Waals surface area contributed by atoms with Gasteiger partial charge in [0.2, 0.25) is 6.10 Å². The summed E-state index contributed by atoms with van der Waals surface area (Å²) in [5, 5.41) is 8.76. The Morgan fingerprint density at radius 3 is 2.53 bits per heavy atom. The first kappa shape index (κ1) is 9.47. The van der Waals surface area contributed by atoms with Crippen LogP contribution in [0.2, 0.25) is 0 Å². The second-order valence-corrected chi connectivity index (χ2v) is 3.34. The van der Waals surface area contributed by atoms with Gasteiger partial charge in [0, 0.05) is 0 Å². The van der Waals surface area contributed by atoms with E-state index in [1.807, 2.05) is 36.4 Å². The highest BCUT2D eigenvalue weighted by Gasteiger charge is 2.31. The molecular formula is C12H9NO2. The van der Waals surface area contributed by atoms with Gasteiger partial charge < -0.3 is 4.74 Å². The lowest BCUT2D eigenvalue weighted by Crippen LogP contribution is -2.06. The molecule has 0 aliphatic carbocycles. The number of hydrogen-bond acceptors (Lipinski definition) is 3. The maximum Gasteiger partial charge on any atom is 0.340 e. The average molecular weight is 199 g/mol. The van der Waals surface area contributed by atoms with Crippen LogP contribution in [0.1, 0.15) is 12.5 Å². The molecule has 0 aromatic heterocycles. The average Bonchev–Trinajstić information content (AvgIpc) is 2.55. The van der Waals surface area contributed by atoms with Crippen LogP contribution in [0, 0.1) is 11.3 Å². The van der Waals surface area contributed by atoms with Gasteiger partial charge in [0.25, 0.3) is 0 Å². The molecule has 0 bridgehead atoms. The minimum Gasteiger partial charge on any atom is -0.439 e. The largest absolute Gasteiger partial charge is 0.439 e. The minimum atomic E-state index is -0.729. The van der Waals surface area contributed by atoms with Crippen LogP contribution in [-0.4, -0.2) is 12.1 Å². The van der Waals surface area contributed by atoms with E-state index in [9.17, 15) is 4.79 Å². The van der Waals surface area contributed by atoms with Crippen molar-refractivity contribution in [3.05, 3.63) is 41.5 Å². The third-order valence-electron chi connectivity index (χ3n) is 2.40. The molecule has 0 amide bonds. The molecule has 0 N–H and O–H groups in total. The second kappa shape index (κ2) is 3.58. The highest BCUT2D eigenvalue weighted by atomic mass is 16.5. The summed E-state index contributed by atoms with van der Waals surface area (Å²) in [5.74, 6) is -0.412. The van der Waals surface area contributed by atoms with Gasteiger partial charge in [-0.05, 0) is 18.1 Å². The van der Waals surface area contributed by atoms with Gasteiger partial charge in [-0.25, -0.2) is 4.79 Å². The summed E-state index contributed by atoms with van der Waals surface area (Å²) in [6.07, 6.45) is -0.729. The van der Waals surface area contributed by atoms with Gasteiger partial charge in [-0.3, -0.25) is 0 Å². The molecule has 74 valence electrons. The van der Waals surface area contributed by atoms with E-state index in [1.165, 1.54) is 0 Å². The number of ether oxygens (including phenoxy) is 1. The van der Waals surface area contributed by atoms with Gasteiger partial charge in [-0.15, -0.1) is 0 Å². The number of nitrogens with zero attached hydrogens (tertiary/aromatic N) is 1. The second-order valence-electron chi connectivity index (χ2n) is 3.34. The van der Waals surface area contributed by atoms with Crippen molar-refractivity contribution in [2.24, 2.45) is 0 Å². The van der Waals surface area contributed by atoms with Crippen molar-refractivity contribution in [3.8, 4) is 6.07 Å². The van der Waals surface area contributed by atoms with Gasteiger partial charge in [-0.1, -0.05) is 30.3 Å². The van der Waals surface area contributed by atoms with E-state index in [4.69, 9.17) is 10.00 Å². The predicted molar refractivity (Wildman–Crippen MR) is 54.5 cm³/mol. The molecule has 0 saturated heterocycles. The Hall–Kier alpha value is -2.08. The molecule has 15 heavy (non-hydrogen) atoms. The highest BCUT2D eigenvalue weighted by Crippen LogP contribution is 2.29. The molecule has 1 heterocycles. The highest BCUT2D eigenvalue weighted by molar-refractivity contribution is 6.19. The maximum atomic E-state index is 11.5. The Balaban J connectivity index is 2.50. The Labute approximate surface area is 87.6 Å². The van der Waals surface area contributed by atoms with Crippen molar-refractivity contribution in [1.82, 2.24) is 0 Å². The Morgan fingerprint density at radius 2 is 2.00 bits per heavy atom. The van der Waals surface area contributed by atoms with E-state index < -0.39 is 12.1 Å². The first-order valence-electron chi connectivity index (χ1n) is 4.61. The molecule has 1 unspecified atom stereocenters. The summed E-state index contributed by atoms with van der Waals surface area (Å²) in [6.45, 7) is 1.75. The van der Waals surface area contributed by atoms with Crippen LogP contribution in [0.4, 0.5) is 0 Å². The van der Waals surface area contributed by atoms with E-state index in [0.717, 1.165) is 5.56 Å². The molecular weight excluding hydrogens is 190 g/mol. The molecule has 1 aliphatic heterocycles. The van der Waals surface area contributed by atoms with Gasteiger partial charge in [-0.2, -0.15) is 5.26 Å². The number of carbonyl (C=O) groups excluding carboxylic acids is 1. The summed E-state index contributed by atoms with van der Waals surface area (Å²) in [5.41, 5.74) is 2.01. The van der Waals surface area contributed by atoms with Crippen molar-refractivity contribution in [1.29, 1.82) is 5.26 Å². The fourth-order valence-corrected chi connectivity index (χ4v) is 1.62. The Kier molecular flexibility index (Phi) is 2.26. The standard InChI is InChI=1S/C12H9NO2/c1-8-10(7-13)15-12(14)11(8)9-5-3-2-4-6-9/h2-6,10H,1H3. The maximum absolute atomic E-state index is 11.5. The van der Waals surface area contributed by atoms with Crippen LogP contribution in [0.5, 0.6) is 0 Å². The summed E-state index contributed by atoms with van der Waals surface area (Å²) in [4.78, 5) is 11.5.